The zero-order chi connectivity index (χ0) is 26.2. The van der Waals surface area contributed by atoms with Gasteiger partial charge in [0.25, 0.3) is 0 Å². The molecule has 0 aliphatic rings. The number of methoxy groups -OCH3 is 1. The van der Waals surface area contributed by atoms with Crippen molar-refractivity contribution >= 4 is 5.97 Å². The summed E-state index contributed by atoms with van der Waals surface area (Å²) in [5.41, 5.74) is 6.23. The summed E-state index contributed by atoms with van der Waals surface area (Å²) >= 11 is 0. The van der Waals surface area contributed by atoms with Crippen molar-refractivity contribution in [3.8, 4) is 17.0 Å². The number of hydrogen-bond acceptors (Lipinski definition) is 3. The molecule has 1 N–H and O–H groups in total. The van der Waals surface area contributed by atoms with Crippen LogP contribution in [0.5, 0.6) is 5.75 Å². The monoisotopic (exact) mass is 490 g/mol. The molecule has 0 amide bonds. The van der Waals surface area contributed by atoms with Crippen molar-refractivity contribution in [1.82, 2.24) is 9.55 Å². The summed E-state index contributed by atoms with van der Waals surface area (Å²) < 4.78 is 39.6. The van der Waals surface area contributed by atoms with Crippen LogP contribution in [0.1, 0.15) is 57.4 Å². The highest BCUT2D eigenvalue weighted by atomic mass is 19.4. The summed E-state index contributed by atoms with van der Waals surface area (Å²) in [6.07, 6.45) is 0.224. The van der Waals surface area contributed by atoms with E-state index in [4.69, 9.17) is 19.6 Å². The normalized spacial score (nSPS) is 11.5. The van der Waals surface area contributed by atoms with Crippen LogP contribution in [0.2, 0.25) is 0 Å². The van der Waals surface area contributed by atoms with Gasteiger partial charge in [-0.05, 0) is 41.5 Å². The second-order valence-corrected chi connectivity index (χ2v) is 9.22. The van der Waals surface area contributed by atoms with E-state index in [9.17, 15) is 13.2 Å². The van der Waals surface area contributed by atoms with Gasteiger partial charge < -0.3 is 14.4 Å². The van der Waals surface area contributed by atoms with Crippen molar-refractivity contribution in [3.63, 3.8) is 0 Å². The van der Waals surface area contributed by atoms with Gasteiger partial charge in [-0.2, -0.15) is 13.2 Å². The molecule has 1 heterocycles. The Morgan fingerprint density at radius 1 is 1.06 bits per heavy atom. The molecule has 0 radical (unpaired) electrons. The predicted molar refractivity (Wildman–Crippen MR) is 131 cm³/mol. The van der Waals surface area contributed by atoms with Crippen molar-refractivity contribution in [1.29, 1.82) is 0 Å². The molecule has 0 aliphatic carbocycles. The van der Waals surface area contributed by atoms with Crippen molar-refractivity contribution < 1.29 is 27.8 Å². The number of carboxylic acids is 1. The standard InChI is InChI=1S/C25H32N2O.C2HF3O2/c1-6-7-11-22-24(21-10-8-9-12-23(21)28-5)26-18-27(22)17-19-13-15-20(16-14-19)25(2,3)4;3-2(4,5)1(6)7/h8-10,12-16,18H,6-7,11,17H2,1-5H3;(H,6,7). The van der Waals surface area contributed by atoms with Crippen molar-refractivity contribution in [2.75, 3.05) is 7.11 Å². The molecule has 35 heavy (non-hydrogen) atoms. The molecule has 0 fully saturated rings. The first-order valence-electron chi connectivity index (χ1n) is 11.4. The Labute approximate surface area is 204 Å². The largest absolute Gasteiger partial charge is 0.496 e. The van der Waals surface area contributed by atoms with E-state index in [2.05, 4.69) is 62.6 Å². The van der Waals surface area contributed by atoms with E-state index < -0.39 is 12.1 Å². The summed E-state index contributed by atoms with van der Waals surface area (Å²) in [7, 11) is 1.72. The van der Waals surface area contributed by atoms with Gasteiger partial charge in [0.1, 0.15) is 5.75 Å². The number of hydrogen-bond donors (Lipinski definition) is 1. The number of carbonyl (C=O) groups is 1. The predicted octanol–water partition coefficient (Wildman–Crippen LogP) is 6.88. The average molecular weight is 491 g/mol. The van der Waals surface area contributed by atoms with Gasteiger partial charge >= 0.3 is 12.1 Å². The summed E-state index contributed by atoms with van der Waals surface area (Å²) in [5, 5.41) is 7.12. The van der Waals surface area contributed by atoms with Gasteiger partial charge in [0, 0.05) is 17.8 Å². The van der Waals surface area contributed by atoms with Gasteiger partial charge in [-0.25, -0.2) is 9.78 Å². The Kier molecular flexibility index (Phi) is 9.51. The molecule has 1 aromatic heterocycles. The van der Waals surface area contributed by atoms with Crippen LogP contribution in [0.25, 0.3) is 11.3 Å². The molecule has 3 rings (SSSR count). The Morgan fingerprint density at radius 2 is 1.66 bits per heavy atom. The molecule has 0 saturated heterocycles. The summed E-state index contributed by atoms with van der Waals surface area (Å²) in [6.45, 7) is 9.82. The van der Waals surface area contributed by atoms with Crippen molar-refractivity contribution in [2.24, 2.45) is 0 Å². The number of imidazole rings is 1. The van der Waals surface area contributed by atoms with Crippen LogP contribution in [0.4, 0.5) is 13.2 Å². The molecule has 3 aromatic rings. The highest BCUT2D eigenvalue weighted by Gasteiger charge is 2.38. The van der Waals surface area contributed by atoms with E-state index in [1.807, 2.05) is 24.5 Å². The van der Waals surface area contributed by atoms with Gasteiger partial charge in [-0.3, -0.25) is 0 Å². The number of carboxylic acid groups (broad SMARTS) is 1. The summed E-state index contributed by atoms with van der Waals surface area (Å²) in [5.74, 6) is -1.88. The maximum Gasteiger partial charge on any atom is 0.490 e. The smallest absolute Gasteiger partial charge is 0.490 e. The zero-order valence-corrected chi connectivity index (χ0v) is 20.8. The molecule has 8 heteroatoms. The molecule has 190 valence electrons. The van der Waals surface area contributed by atoms with Gasteiger partial charge in [-0.1, -0.05) is 70.5 Å². The first-order chi connectivity index (χ1) is 16.4. The minimum atomic E-state index is -5.08. The number of unbranched alkanes of at least 4 members (excludes halogenated alkanes) is 1. The van der Waals surface area contributed by atoms with Crippen molar-refractivity contribution in [3.05, 3.63) is 71.7 Å². The Morgan fingerprint density at radius 3 is 2.17 bits per heavy atom. The Bertz CT molecular complexity index is 1100. The number of halogens is 3. The van der Waals surface area contributed by atoms with E-state index in [0.717, 1.165) is 42.8 Å². The number of aromatic nitrogens is 2. The molecule has 0 bridgehead atoms. The third-order valence-electron chi connectivity index (χ3n) is 5.49. The maximum absolute atomic E-state index is 10.6. The van der Waals surface area contributed by atoms with Crippen LogP contribution in [-0.4, -0.2) is 33.9 Å². The van der Waals surface area contributed by atoms with E-state index in [1.54, 1.807) is 7.11 Å². The first kappa shape index (κ1) is 28.0. The van der Waals surface area contributed by atoms with Gasteiger partial charge in [0.15, 0.2) is 0 Å². The Balaban J connectivity index is 0.000000540. The third-order valence-corrected chi connectivity index (χ3v) is 5.49. The SMILES string of the molecule is CCCCc1c(-c2ccccc2OC)ncn1Cc1ccc(C(C)(C)C)cc1.O=C(O)C(F)(F)F. The minimum Gasteiger partial charge on any atom is -0.496 e. The van der Waals surface area contributed by atoms with Gasteiger partial charge in [0.05, 0.1) is 19.1 Å². The summed E-state index contributed by atoms with van der Waals surface area (Å²) in [6, 6.07) is 17.1. The number of ether oxygens (including phenoxy) is 1. The maximum atomic E-state index is 10.6. The second kappa shape index (κ2) is 11.9. The topological polar surface area (TPSA) is 64.4 Å². The lowest BCUT2D eigenvalue weighted by molar-refractivity contribution is -0.192. The van der Waals surface area contributed by atoms with Crippen LogP contribution < -0.4 is 4.74 Å². The second-order valence-electron chi connectivity index (χ2n) is 9.22. The van der Waals surface area contributed by atoms with E-state index in [-0.39, 0.29) is 5.41 Å². The highest BCUT2D eigenvalue weighted by Crippen LogP contribution is 2.32. The average Bonchev–Trinajstić information content (AvgIpc) is 3.19. The quantitative estimate of drug-likeness (QED) is 0.392. The third kappa shape index (κ3) is 7.87. The van der Waals surface area contributed by atoms with Crippen molar-refractivity contribution in [2.45, 2.75) is 65.1 Å². The van der Waals surface area contributed by atoms with E-state index >= 15 is 0 Å². The molecular weight excluding hydrogens is 457 g/mol. The lowest BCUT2D eigenvalue weighted by atomic mass is 9.87. The molecule has 0 unspecified atom stereocenters. The molecule has 0 atom stereocenters. The van der Waals surface area contributed by atoms with Crippen LogP contribution in [0.15, 0.2) is 54.9 Å². The van der Waals surface area contributed by atoms with Crippen LogP contribution in [-0.2, 0) is 23.2 Å². The number of rotatable bonds is 7. The number of para-hydroxylation sites is 1. The van der Waals surface area contributed by atoms with Gasteiger partial charge in [-0.15, -0.1) is 0 Å². The molecule has 5 nitrogen and oxygen atoms in total. The molecule has 2 aromatic carbocycles. The molecule has 0 spiro atoms. The number of alkyl halides is 3. The number of aliphatic carboxylic acids is 1. The molecular formula is C27H33F3N2O3. The first-order valence-corrected chi connectivity index (χ1v) is 11.4. The fraction of sp³-hybridized carbons (Fsp3) is 0.407. The fourth-order valence-electron chi connectivity index (χ4n) is 3.52. The van der Waals surface area contributed by atoms with Crippen LogP contribution >= 0.6 is 0 Å². The number of nitrogens with zero attached hydrogens (tertiary/aromatic N) is 2. The van der Waals surface area contributed by atoms with Crippen LogP contribution in [0, 0.1) is 0 Å². The van der Waals surface area contributed by atoms with E-state index in [1.165, 1.54) is 16.8 Å². The fourth-order valence-corrected chi connectivity index (χ4v) is 3.52. The molecule has 0 aliphatic heterocycles. The van der Waals surface area contributed by atoms with Crippen LogP contribution in [0.3, 0.4) is 0 Å². The lowest BCUT2D eigenvalue weighted by Crippen LogP contribution is -2.21. The lowest BCUT2D eigenvalue weighted by Gasteiger charge is -2.19. The van der Waals surface area contributed by atoms with E-state index in [0.29, 0.717) is 0 Å². The Hall–Kier alpha value is -3.29. The summed E-state index contributed by atoms with van der Waals surface area (Å²) in [4.78, 5) is 13.7. The molecule has 0 saturated carbocycles. The zero-order valence-electron chi connectivity index (χ0n) is 20.8. The number of benzene rings is 2. The van der Waals surface area contributed by atoms with Gasteiger partial charge in [0.2, 0.25) is 0 Å². The highest BCUT2D eigenvalue weighted by molar-refractivity contribution is 5.73. The minimum absolute atomic E-state index is 0.177.